The summed E-state index contributed by atoms with van der Waals surface area (Å²) in [5.41, 5.74) is 0. The number of halogens is 1. The van der Waals surface area contributed by atoms with Gasteiger partial charge in [-0.1, -0.05) is 0 Å². The molecule has 0 aromatic carbocycles. The second kappa shape index (κ2) is 14.4. The minimum absolute atomic E-state index is 0. The van der Waals surface area contributed by atoms with Crippen LogP contribution in [0.4, 0.5) is 0 Å². The standard InChI is InChI=1S/C6H14N3.CH3.ClH.Ti/c1-2-8-5-6-9-4-3-7-1;;;/h7-8H,1-6H2;1H3;1H;/q2*-1;;+2. The summed E-state index contributed by atoms with van der Waals surface area (Å²) in [6.45, 7) is 6.19. The van der Waals surface area contributed by atoms with Crippen LogP contribution < -0.4 is 10.6 Å². The van der Waals surface area contributed by atoms with E-state index in [-0.39, 0.29) is 41.6 Å². The molecule has 12 heavy (non-hydrogen) atoms. The largest absolute Gasteiger partial charge is 2.00 e. The zero-order chi connectivity index (χ0) is 6.36. The molecule has 1 fully saturated rings. The minimum atomic E-state index is 0. The van der Waals surface area contributed by atoms with E-state index in [1.807, 2.05) is 0 Å². The first kappa shape index (κ1) is 18.6. The molecule has 0 bridgehead atoms. The molecule has 0 unspecified atom stereocenters. The van der Waals surface area contributed by atoms with Crippen LogP contribution in [0, 0.1) is 7.43 Å². The Labute approximate surface area is 96.7 Å². The van der Waals surface area contributed by atoms with Crippen molar-refractivity contribution in [2.75, 3.05) is 39.3 Å². The van der Waals surface area contributed by atoms with Gasteiger partial charge in [0.15, 0.2) is 0 Å². The second-order valence-electron chi connectivity index (χ2n) is 2.17. The van der Waals surface area contributed by atoms with Crippen molar-refractivity contribution in [1.82, 2.24) is 10.6 Å². The van der Waals surface area contributed by atoms with Crippen molar-refractivity contribution in [1.29, 1.82) is 0 Å². The molecular formula is C7H18ClN3Ti. The summed E-state index contributed by atoms with van der Waals surface area (Å²) in [6.07, 6.45) is 0. The molecule has 0 spiro atoms. The Balaban J connectivity index is -0.000000270. The normalized spacial score (nSPS) is 18.0. The number of hydrogen-bond acceptors (Lipinski definition) is 2. The average molecular weight is 228 g/mol. The number of hydrogen-bond donors (Lipinski definition) is 2. The van der Waals surface area contributed by atoms with E-state index in [2.05, 4.69) is 16.0 Å². The van der Waals surface area contributed by atoms with Crippen LogP contribution in [0.3, 0.4) is 0 Å². The van der Waals surface area contributed by atoms with Crippen LogP contribution in [-0.4, -0.2) is 39.3 Å². The average Bonchev–Trinajstić information content (AvgIpc) is 2.00. The monoisotopic (exact) mass is 227 g/mol. The molecule has 1 rings (SSSR count). The van der Waals surface area contributed by atoms with Crippen molar-refractivity contribution in [2.45, 2.75) is 0 Å². The van der Waals surface area contributed by atoms with Gasteiger partial charge in [-0.15, -0.1) is 25.5 Å². The molecule has 1 saturated heterocycles. The number of nitrogens with zero attached hydrogens (tertiary/aromatic N) is 1. The van der Waals surface area contributed by atoms with Crippen molar-refractivity contribution in [2.24, 2.45) is 0 Å². The maximum atomic E-state index is 4.27. The van der Waals surface area contributed by atoms with Crippen LogP contribution in [-0.2, 0) is 21.7 Å². The quantitative estimate of drug-likeness (QED) is 0.465. The van der Waals surface area contributed by atoms with E-state index >= 15 is 0 Å². The maximum Gasteiger partial charge on any atom is 2.00 e. The van der Waals surface area contributed by atoms with Gasteiger partial charge in [-0.3, -0.25) is 0 Å². The van der Waals surface area contributed by atoms with Crippen molar-refractivity contribution < 1.29 is 21.7 Å². The Bertz CT molecular complexity index is 47.1. The molecule has 0 atom stereocenters. The van der Waals surface area contributed by atoms with Gasteiger partial charge >= 0.3 is 21.7 Å². The molecule has 5 heteroatoms. The number of nitrogens with one attached hydrogen (secondary N) is 2. The Kier molecular flexibility index (Phi) is 22.4. The molecule has 1 aliphatic heterocycles. The van der Waals surface area contributed by atoms with Crippen molar-refractivity contribution in [3.63, 3.8) is 0 Å². The SMILES string of the molecule is C1CNCCNCC[N-]1.Cl.[CH3-].[Ti+2]. The van der Waals surface area contributed by atoms with E-state index in [9.17, 15) is 0 Å². The molecule has 3 nitrogen and oxygen atoms in total. The minimum Gasteiger partial charge on any atom is -0.660 e. The summed E-state index contributed by atoms with van der Waals surface area (Å²) in [5.74, 6) is 0. The topological polar surface area (TPSA) is 38.2 Å². The van der Waals surface area contributed by atoms with Crippen LogP contribution >= 0.6 is 12.4 Å². The third kappa shape index (κ3) is 10.9. The van der Waals surface area contributed by atoms with Crippen molar-refractivity contribution >= 4 is 12.4 Å². The first-order chi connectivity index (χ1) is 4.50. The van der Waals surface area contributed by atoms with Gasteiger partial charge in [-0.25, -0.2) is 0 Å². The molecule has 0 amide bonds. The Morgan fingerprint density at radius 3 is 1.67 bits per heavy atom. The molecule has 0 saturated carbocycles. The van der Waals surface area contributed by atoms with Crippen molar-refractivity contribution in [3.8, 4) is 0 Å². The Morgan fingerprint density at radius 1 is 0.833 bits per heavy atom. The van der Waals surface area contributed by atoms with Gasteiger partial charge < -0.3 is 23.4 Å². The predicted molar refractivity (Wildman–Crippen MR) is 52.5 cm³/mol. The van der Waals surface area contributed by atoms with Crippen LogP contribution in [0.15, 0.2) is 0 Å². The second-order valence-corrected chi connectivity index (χ2v) is 2.17. The van der Waals surface area contributed by atoms with Gasteiger partial charge in [0.2, 0.25) is 0 Å². The Morgan fingerprint density at radius 2 is 1.25 bits per heavy atom. The molecule has 72 valence electrons. The summed E-state index contributed by atoms with van der Waals surface area (Å²) in [4.78, 5) is 0. The van der Waals surface area contributed by atoms with Crippen LogP contribution in [0.5, 0.6) is 0 Å². The van der Waals surface area contributed by atoms with Gasteiger partial charge in [0.1, 0.15) is 0 Å². The molecule has 1 heterocycles. The van der Waals surface area contributed by atoms with Crippen LogP contribution in [0.1, 0.15) is 0 Å². The fraction of sp³-hybridized carbons (Fsp3) is 0.857. The zero-order valence-corrected chi connectivity index (χ0v) is 9.98. The molecule has 2 N–H and O–H groups in total. The Hall–Kier alpha value is 0.884. The molecule has 0 aromatic rings. The molecule has 0 radical (unpaired) electrons. The van der Waals surface area contributed by atoms with E-state index in [1.54, 1.807) is 0 Å². The van der Waals surface area contributed by atoms with E-state index in [0.717, 1.165) is 39.3 Å². The molecular weight excluding hydrogens is 209 g/mol. The van der Waals surface area contributed by atoms with E-state index in [0.29, 0.717) is 0 Å². The third-order valence-corrected chi connectivity index (χ3v) is 1.37. The summed E-state index contributed by atoms with van der Waals surface area (Å²) in [6, 6.07) is 0. The van der Waals surface area contributed by atoms with Gasteiger partial charge in [-0.2, -0.15) is 0 Å². The fourth-order valence-electron chi connectivity index (χ4n) is 0.855. The van der Waals surface area contributed by atoms with Gasteiger partial charge in [0, 0.05) is 13.1 Å². The van der Waals surface area contributed by atoms with Gasteiger partial charge in [0.25, 0.3) is 0 Å². The predicted octanol–water partition coefficient (Wildman–Crippen LogP) is 0.422. The van der Waals surface area contributed by atoms with E-state index in [4.69, 9.17) is 0 Å². The zero-order valence-electron chi connectivity index (χ0n) is 7.60. The van der Waals surface area contributed by atoms with Crippen molar-refractivity contribution in [3.05, 3.63) is 12.7 Å². The fourth-order valence-corrected chi connectivity index (χ4v) is 0.855. The van der Waals surface area contributed by atoms with Crippen LogP contribution in [0.25, 0.3) is 5.32 Å². The molecule has 1 aliphatic rings. The summed E-state index contributed by atoms with van der Waals surface area (Å²) < 4.78 is 0. The third-order valence-electron chi connectivity index (χ3n) is 1.37. The van der Waals surface area contributed by atoms with E-state index < -0.39 is 0 Å². The molecule has 0 aromatic heterocycles. The summed E-state index contributed by atoms with van der Waals surface area (Å²) in [7, 11) is 0. The van der Waals surface area contributed by atoms with Gasteiger partial charge in [0.05, 0.1) is 0 Å². The smallest absolute Gasteiger partial charge is 0.660 e. The van der Waals surface area contributed by atoms with Gasteiger partial charge in [-0.05, 0) is 13.1 Å². The summed E-state index contributed by atoms with van der Waals surface area (Å²) >= 11 is 0. The maximum absolute atomic E-state index is 4.27. The first-order valence-electron chi connectivity index (χ1n) is 3.55. The van der Waals surface area contributed by atoms with E-state index in [1.165, 1.54) is 0 Å². The number of rotatable bonds is 0. The first-order valence-corrected chi connectivity index (χ1v) is 3.55. The molecule has 0 aliphatic carbocycles. The summed E-state index contributed by atoms with van der Waals surface area (Å²) in [5, 5.41) is 10.8. The van der Waals surface area contributed by atoms with Crippen LogP contribution in [0.2, 0.25) is 0 Å².